The van der Waals surface area contributed by atoms with Crippen molar-refractivity contribution in [1.29, 1.82) is 0 Å². The second-order valence-corrected chi connectivity index (χ2v) is 6.25. The van der Waals surface area contributed by atoms with Crippen LogP contribution in [0.4, 0.5) is 5.82 Å². The number of nitrogens with zero attached hydrogens (tertiary/aromatic N) is 4. The smallest absolute Gasteiger partial charge is 0.241 e. The van der Waals surface area contributed by atoms with Gasteiger partial charge in [0.2, 0.25) is 5.91 Å². The molecule has 1 unspecified atom stereocenters. The average Bonchev–Trinajstić information content (AvgIpc) is 2.54. The second-order valence-electron chi connectivity index (χ2n) is 6.25. The predicted octanol–water partition coefficient (Wildman–Crippen LogP) is 0.531. The van der Waals surface area contributed by atoms with Crippen molar-refractivity contribution in [2.24, 2.45) is 5.73 Å². The molecule has 0 aliphatic carbocycles. The Hall–Kier alpha value is -1.73. The zero-order chi connectivity index (χ0) is 17.0. The third kappa shape index (κ3) is 4.39. The quantitative estimate of drug-likeness (QED) is 0.851. The van der Waals surface area contributed by atoms with Gasteiger partial charge in [-0.3, -0.25) is 4.79 Å². The molecule has 1 amide bonds. The number of aryl methyl sites for hydroxylation is 1. The highest BCUT2D eigenvalue weighted by molar-refractivity contribution is 5.82. The summed E-state index contributed by atoms with van der Waals surface area (Å²) in [5, 5.41) is 0. The number of amides is 1. The summed E-state index contributed by atoms with van der Waals surface area (Å²) in [5.41, 5.74) is 6.80. The Morgan fingerprint density at radius 1 is 1.30 bits per heavy atom. The van der Waals surface area contributed by atoms with Gasteiger partial charge in [0.25, 0.3) is 0 Å². The van der Waals surface area contributed by atoms with Gasteiger partial charge in [0, 0.05) is 51.0 Å². The van der Waals surface area contributed by atoms with Gasteiger partial charge < -0.3 is 20.3 Å². The van der Waals surface area contributed by atoms with E-state index in [-0.39, 0.29) is 12.5 Å². The minimum Gasteiger partial charge on any atom is -0.383 e. The molecule has 2 rings (SSSR count). The molecule has 23 heavy (non-hydrogen) atoms. The molecule has 0 saturated carbocycles. The number of anilines is 1. The lowest BCUT2D eigenvalue weighted by atomic mass is 10.2. The summed E-state index contributed by atoms with van der Waals surface area (Å²) in [6, 6.07) is 1.42. The molecule has 7 heteroatoms. The van der Waals surface area contributed by atoms with E-state index >= 15 is 0 Å². The lowest BCUT2D eigenvalue weighted by molar-refractivity contribution is -0.134. The zero-order valence-electron chi connectivity index (χ0n) is 14.5. The maximum absolute atomic E-state index is 12.2. The molecule has 1 aliphatic heterocycles. The van der Waals surface area contributed by atoms with Gasteiger partial charge in [-0.25, -0.2) is 9.97 Å². The maximum Gasteiger partial charge on any atom is 0.241 e. The number of carbonyl (C=O) groups excluding carboxylic acids is 1. The van der Waals surface area contributed by atoms with Crippen molar-refractivity contribution < 1.29 is 9.53 Å². The van der Waals surface area contributed by atoms with Gasteiger partial charge in [-0.15, -0.1) is 0 Å². The van der Waals surface area contributed by atoms with E-state index in [1.54, 1.807) is 12.0 Å². The van der Waals surface area contributed by atoms with Crippen molar-refractivity contribution in [3.8, 4) is 0 Å². The van der Waals surface area contributed by atoms with Gasteiger partial charge in [-0.2, -0.15) is 0 Å². The van der Waals surface area contributed by atoms with E-state index in [0.29, 0.717) is 19.0 Å². The molecule has 0 radical (unpaired) electrons. The number of aromatic nitrogens is 2. The van der Waals surface area contributed by atoms with Gasteiger partial charge in [0.1, 0.15) is 17.7 Å². The van der Waals surface area contributed by atoms with E-state index in [2.05, 4.69) is 28.7 Å². The molecule has 1 aromatic heterocycles. The van der Waals surface area contributed by atoms with E-state index in [4.69, 9.17) is 10.5 Å². The fourth-order valence-electron chi connectivity index (χ4n) is 2.64. The predicted molar refractivity (Wildman–Crippen MR) is 89.5 cm³/mol. The fraction of sp³-hybridized carbons (Fsp3) is 0.688. The summed E-state index contributed by atoms with van der Waals surface area (Å²) in [6.07, 6.45) is 0. The normalized spacial score (nSPS) is 16.8. The molecule has 1 aliphatic rings. The topological polar surface area (TPSA) is 84.6 Å². The van der Waals surface area contributed by atoms with Crippen LogP contribution >= 0.6 is 0 Å². The first-order valence-electron chi connectivity index (χ1n) is 8.06. The molecular formula is C16H27N5O2. The number of piperazine rings is 1. The highest BCUT2D eigenvalue weighted by Crippen LogP contribution is 2.18. The van der Waals surface area contributed by atoms with E-state index < -0.39 is 6.04 Å². The Morgan fingerprint density at radius 2 is 1.96 bits per heavy atom. The molecule has 1 fully saturated rings. The van der Waals surface area contributed by atoms with Gasteiger partial charge >= 0.3 is 0 Å². The monoisotopic (exact) mass is 321 g/mol. The first-order chi connectivity index (χ1) is 10.9. The van der Waals surface area contributed by atoms with Crippen LogP contribution in [0.2, 0.25) is 0 Å². The number of methoxy groups -OCH3 is 1. The Bertz CT molecular complexity index is 541. The summed E-state index contributed by atoms with van der Waals surface area (Å²) in [7, 11) is 1.55. The largest absolute Gasteiger partial charge is 0.383 e. The van der Waals surface area contributed by atoms with Crippen LogP contribution in [0.3, 0.4) is 0 Å². The molecule has 1 aromatic rings. The fourth-order valence-corrected chi connectivity index (χ4v) is 2.64. The van der Waals surface area contributed by atoms with Gasteiger partial charge in [-0.05, 0) is 6.92 Å². The Kier molecular flexibility index (Phi) is 5.90. The third-order valence-electron chi connectivity index (χ3n) is 3.95. The highest BCUT2D eigenvalue weighted by Gasteiger charge is 2.26. The van der Waals surface area contributed by atoms with E-state index in [0.717, 1.165) is 30.4 Å². The van der Waals surface area contributed by atoms with Crippen LogP contribution in [-0.4, -0.2) is 66.7 Å². The highest BCUT2D eigenvalue weighted by atomic mass is 16.5. The second kappa shape index (κ2) is 7.70. The van der Waals surface area contributed by atoms with E-state index in [1.807, 2.05) is 13.0 Å². The molecular weight excluding hydrogens is 294 g/mol. The number of hydrogen-bond acceptors (Lipinski definition) is 6. The van der Waals surface area contributed by atoms with Crippen molar-refractivity contribution >= 4 is 11.7 Å². The Morgan fingerprint density at radius 3 is 2.52 bits per heavy atom. The maximum atomic E-state index is 12.2. The van der Waals surface area contributed by atoms with Crippen LogP contribution in [0.5, 0.6) is 0 Å². The van der Waals surface area contributed by atoms with Crippen molar-refractivity contribution in [1.82, 2.24) is 14.9 Å². The van der Waals surface area contributed by atoms with Crippen LogP contribution in [0, 0.1) is 6.92 Å². The van der Waals surface area contributed by atoms with Crippen molar-refractivity contribution in [2.75, 3.05) is 44.8 Å². The SMILES string of the molecule is COCC(N)C(=O)N1CCN(c2cc(C)nc(C(C)C)n2)CC1. The Labute approximate surface area is 137 Å². The number of nitrogens with two attached hydrogens (primary N) is 1. The summed E-state index contributed by atoms with van der Waals surface area (Å²) < 4.78 is 4.95. The van der Waals surface area contributed by atoms with Gasteiger partial charge in [0.05, 0.1) is 6.61 Å². The summed E-state index contributed by atoms with van der Waals surface area (Å²) in [4.78, 5) is 25.3. The van der Waals surface area contributed by atoms with Crippen LogP contribution in [-0.2, 0) is 9.53 Å². The lowest BCUT2D eigenvalue weighted by Gasteiger charge is -2.36. The molecule has 2 heterocycles. The van der Waals surface area contributed by atoms with Crippen LogP contribution < -0.4 is 10.6 Å². The Balaban J connectivity index is 2.00. The van der Waals surface area contributed by atoms with Crippen molar-refractivity contribution in [2.45, 2.75) is 32.7 Å². The summed E-state index contributed by atoms with van der Waals surface area (Å²) in [5.74, 6) is 2.05. The standard InChI is InChI=1S/C16H27N5O2/c1-11(2)15-18-12(3)9-14(19-15)20-5-7-21(8-6-20)16(22)13(17)10-23-4/h9,11,13H,5-8,10,17H2,1-4H3. The number of ether oxygens (including phenoxy) is 1. The lowest BCUT2D eigenvalue weighted by Crippen LogP contribution is -2.54. The van der Waals surface area contributed by atoms with Crippen LogP contribution in [0.1, 0.15) is 31.3 Å². The van der Waals surface area contributed by atoms with Crippen molar-refractivity contribution in [3.05, 3.63) is 17.6 Å². The van der Waals surface area contributed by atoms with Gasteiger partial charge in [0.15, 0.2) is 0 Å². The molecule has 0 bridgehead atoms. The molecule has 2 N–H and O–H groups in total. The van der Waals surface area contributed by atoms with Crippen LogP contribution in [0.25, 0.3) is 0 Å². The average molecular weight is 321 g/mol. The number of hydrogen-bond donors (Lipinski definition) is 1. The number of carbonyl (C=O) groups is 1. The first-order valence-corrected chi connectivity index (χ1v) is 8.06. The van der Waals surface area contributed by atoms with E-state index in [1.165, 1.54) is 0 Å². The zero-order valence-corrected chi connectivity index (χ0v) is 14.5. The van der Waals surface area contributed by atoms with Gasteiger partial charge in [-0.1, -0.05) is 13.8 Å². The molecule has 0 spiro atoms. The number of rotatable bonds is 5. The summed E-state index contributed by atoms with van der Waals surface area (Å²) >= 11 is 0. The van der Waals surface area contributed by atoms with E-state index in [9.17, 15) is 4.79 Å². The molecule has 1 atom stereocenters. The molecule has 0 aromatic carbocycles. The minimum atomic E-state index is -0.583. The molecule has 7 nitrogen and oxygen atoms in total. The van der Waals surface area contributed by atoms with Crippen LogP contribution in [0.15, 0.2) is 6.07 Å². The molecule has 128 valence electrons. The third-order valence-corrected chi connectivity index (χ3v) is 3.95. The minimum absolute atomic E-state index is 0.0479. The summed E-state index contributed by atoms with van der Waals surface area (Å²) in [6.45, 7) is 9.21. The van der Waals surface area contributed by atoms with Crippen molar-refractivity contribution in [3.63, 3.8) is 0 Å². The first kappa shape index (κ1) is 17.6. The molecule has 1 saturated heterocycles.